The van der Waals surface area contributed by atoms with Crippen LogP contribution in [0.2, 0.25) is 0 Å². The molecule has 1 heterocycles. The van der Waals surface area contributed by atoms with Gasteiger partial charge in [0.15, 0.2) is 0 Å². The van der Waals surface area contributed by atoms with Crippen molar-refractivity contribution in [2.45, 2.75) is 31.6 Å². The molecular formula is C7H15NS. The van der Waals surface area contributed by atoms with E-state index in [-0.39, 0.29) is 0 Å². The van der Waals surface area contributed by atoms with Crippen LogP contribution >= 0.6 is 11.8 Å². The van der Waals surface area contributed by atoms with Crippen LogP contribution in [0, 0.1) is 0 Å². The van der Waals surface area contributed by atoms with Crippen molar-refractivity contribution in [3.8, 4) is 0 Å². The molecule has 0 saturated carbocycles. The van der Waals surface area contributed by atoms with Crippen LogP contribution in [-0.4, -0.2) is 17.7 Å². The third kappa shape index (κ3) is 2.59. The third-order valence-corrected chi connectivity index (χ3v) is 2.77. The minimum Gasteiger partial charge on any atom is -0.305 e. The van der Waals surface area contributed by atoms with Crippen LogP contribution in [0.3, 0.4) is 0 Å². The van der Waals surface area contributed by atoms with Gasteiger partial charge in [-0.25, -0.2) is 0 Å². The Hall–Kier alpha value is 0.310. The molecule has 1 nitrogen and oxygen atoms in total. The molecule has 0 aromatic heterocycles. The molecule has 0 radical (unpaired) electrons. The highest BCUT2D eigenvalue weighted by atomic mass is 32.2. The number of thioether (sulfide) groups is 1. The fourth-order valence-corrected chi connectivity index (χ4v) is 2.13. The summed E-state index contributed by atoms with van der Waals surface area (Å²) in [5.74, 6) is 1.25. The maximum Gasteiger partial charge on any atom is 0.0532 e. The molecule has 54 valence electrons. The van der Waals surface area contributed by atoms with Crippen LogP contribution in [-0.2, 0) is 0 Å². The quantitative estimate of drug-likeness (QED) is 0.636. The number of hydrogen-bond donors (Lipinski definition) is 1. The first-order valence-electron chi connectivity index (χ1n) is 3.78. The smallest absolute Gasteiger partial charge is 0.0532 e. The second-order valence-electron chi connectivity index (χ2n) is 2.39. The lowest BCUT2D eigenvalue weighted by Crippen LogP contribution is -2.31. The van der Waals surface area contributed by atoms with Gasteiger partial charge in [-0.15, -0.1) is 11.8 Å². The summed E-state index contributed by atoms with van der Waals surface area (Å²) in [4.78, 5) is 0. The second-order valence-corrected chi connectivity index (χ2v) is 3.87. The second kappa shape index (κ2) is 4.18. The molecule has 0 aromatic rings. The van der Waals surface area contributed by atoms with Crippen molar-refractivity contribution in [1.82, 2.24) is 5.32 Å². The molecule has 2 heteroatoms. The Labute approximate surface area is 61.6 Å². The van der Waals surface area contributed by atoms with Gasteiger partial charge in [-0.1, -0.05) is 6.92 Å². The van der Waals surface area contributed by atoms with E-state index in [1.165, 1.54) is 31.6 Å². The fourth-order valence-electron chi connectivity index (χ4n) is 1.16. The van der Waals surface area contributed by atoms with E-state index in [0.717, 1.165) is 5.37 Å². The van der Waals surface area contributed by atoms with Gasteiger partial charge in [0.2, 0.25) is 0 Å². The van der Waals surface area contributed by atoms with Gasteiger partial charge in [0, 0.05) is 0 Å². The third-order valence-electron chi connectivity index (χ3n) is 1.63. The summed E-state index contributed by atoms with van der Waals surface area (Å²) in [6.07, 6.45) is 4.17. The lowest BCUT2D eigenvalue weighted by molar-refractivity contribution is 0.492. The molecule has 1 N–H and O–H groups in total. The minimum atomic E-state index is 0.767. The van der Waals surface area contributed by atoms with Crippen molar-refractivity contribution in [3.05, 3.63) is 0 Å². The predicted octanol–water partition coefficient (Wildman–Crippen LogP) is 1.84. The van der Waals surface area contributed by atoms with Gasteiger partial charge in [0.05, 0.1) is 5.37 Å². The Morgan fingerprint density at radius 3 is 3.00 bits per heavy atom. The largest absolute Gasteiger partial charge is 0.305 e. The summed E-state index contributed by atoms with van der Waals surface area (Å²) in [7, 11) is 0. The van der Waals surface area contributed by atoms with Gasteiger partial charge >= 0.3 is 0 Å². The Morgan fingerprint density at radius 1 is 1.56 bits per heavy atom. The average Bonchev–Trinajstić information content (AvgIpc) is 1.91. The fraction of sp³-hybridized carbons (Fsp3) is 1.00. The average molecular weight is 145 g/mol. The van der Waals surface area contributed by atoms with Gasteiger partial charge in [-0.3, -0.25) is 0 Å². The SMILES string of the molecule is CCSC1CCCCN1. The number of hydrogen-bond acceptors (Lipinski definition) is 2. The van der Waals surface area contributed by atoms with Gasteiger partial charge in [-0.05, 0) is 31.6 Å². The van der Waals surface area contributed by atoms with Crippen molar-refractivity contribution in [3.63, 3.8) is 0 Å². The lowest BCUT2D eigenvalue weighted by Gasteiger charge is -2.21. The van der Waals surface area contributed by atoms with Gasteiger partial charge in [0.25, 0.3) is 0 Å². The van der Waals surface area contributed by atoms with Crippen molar-refractivity contribution in [2.24, 2.45) is 0 Å². The summed E-state index contributed by atoms with van der Waals surface area (Å²) in [6.45, 7) is 3.46. The molecule has 1 unspecified atom stereocenters. The molecule has 0 bridgehead atoms. The van der Waals surface area contributed by atoms with E-state index >= 15 is 0 Å². The summed E-state index contributed by atoms with van der Waals surface area (Å²) in [5, 5.41) is 4.25. The Bertz CT molecular complexity index is 66.6. The standard InChI is InChI=1S/C7H15NS/c1-2-9-7-5-3-4-6-8-7/h7-8H,2-6H2,1H3. The van der Waals surface area contributed by atoms with Crippen LogP contribution in [0.1, 0.15) is 26.2 Å². The van der Waals surface area contributed by atoms with E-state index < -0.39 is 0 Å². The maximum atomic E-state index is 3.48. The van der Waals surface area contributed by atoms with Crippen LogP contribution in [0.25, 0.3) is 0 Å². The molecule has 1 saturated heterocycles. The highest BCUT2D eigenvalue weighted by Crippen LogP contribution is 2.17. The molecule has 1 rings (SSSR count). The van der Waals surface area contributed by atoms with E-state index in [9.17, 15) is 0 Å². The molecular weight excluding hydrogens is 130 g/mol. The van der Waals surface area contributed by atoms with Crippen molar-refractivity contribution >= 4 is 11.8 Å². The van der Waals surface area contributed by atoms with Crippen LogP contribution in [0.5, 0.6) is 0 Å². The van der Waals surface area contributed by atoms with Crippen LogP contribution in [0.15, 0.2) is 0 Å². The van der Waals surface area contributed by atoms with E-state index in [2.05, 4.69) is 12.2 Å². The lowest BCUT2D eigenvalue weighted by atomic mass is 10.2. The molecule has 0 aliphatic carbocycles. The van der Waals surface area contributed by atoms with Crippen LogP contribution < -0.4 is 5.32 Å². The van der Waals surface area contributed by atoms with Crippen LogP contribution in [0.4, 0.5) is 0 Å². The van der Waals surface area contributed by atoms with E-state index in [4.69, 9.17) is 0 Å². The molecule has 1 atom stereocenters. The highest BCUT2D eigenvalue weighted by Gasteiger charge is 2.10. The highest BCUT2D eigenvalue weighted by molar-refractivity contribution is 7.99. The summed E-state index contributed by atoms with van der Waals surface area (Å²) in [6, 6.07) is 0. The molecule has 9 heavy (non-hydrogen) atoms. The molecule has 1 fully saturated rings. The molecule has 0 aromatic carbocycles. The zero-order valence-corrected chi connectivity index (χ0v) is 6.84. The monoisotopic (exact) mass is 145 g/mol. The number of rotatable bonds is 2. The van der Waals surface area contributed by atoms with Crippen molar-refractivity contribution in [1.29, 1.82) is 0 Å². The minimum absolute atomic E-state index is 0.767. The van der Waals surface area contributed by atoms with Gasteiger partial charge in [0.1, 0.15) is 0 Å². The molecule has 1 aliphatic rings. The zero-order valence-electron chi connectivity index (χ0n) is 6.02. The Balaban J connectivity index is 2.08. The first kappa shape index (κ1) is 7.42. The normalized spacial score (nSPS) is 28.3. The summed E-state index contributed by atoms with van der Waals surface area (Å²) in [5.41, 5.74) is 0. The predicted molar refractivity (Wildman–Crippen MR) is 43.8 cm³/mol. The summed E-state index contributed by atoms with van der Waals surface area (Å²) < 4.78 is 0. The zero-order chi connectivity index (χ0) is 6.53. The summed E-state index contributed by atoms with van der Waals surface area (Å²) >= 11 is 2.04. The maximum absolute atomic E-state index is 3.48. The number of nitrogens with one attached hydrogen (secondary N) is 1. The van der Waals surface area contributed by atoms with Crippen molar-refractivity contribution in [2.75, 3.05) is 12.3 Å². The van der Waals surface area contributed by atoms with Gasteiger partial charge < -0.3 is 5.32 Å². The van der Waals surface area contributed by atoms with Gasteiger partial charge in [-0.2, -0.15) is 0 Å². The first-order valence-corrected chi connectivity index (χ1v) is 4.83. The van der Waals surface area contributed by atoms with Crippen molar-refractivity contribution < 1.29 is 0 Å². The van der Waals surface area contributed by atoms with E-state index in [0.29, 0.717) is 0 Å². The molecule has 1 aliphatic heterocycles. The molecule has 0 spiro atoms. The van der Waals surface area contributed by atoms with E-state index in [1.807, 2.05) is 11.8 Å². The van der Waals surface area contributed by atoms with E-state index in [1.54, 1.807) is 0 Å². The first-order chi connectivity index (χ1) is 4.43. The Morgan fingerprint density at radius 2 is 2.44 bits per heavy atom. The topological polar surface area (TPSA) is 12.0 Å². The number of piperidine rings is 1. The Kier molecular flexibility index (Phi) is 3.44. The molecule has 0 amide bonds.